The van der Waals surface area contributed by atoms with Gasteiger partial charge in [0.15, 0.2) is 0 Å². The summed E-state index contributed by atoms with van der Waals surface area (Å²) in [5.41, 5.74) is 3.27. The monoisotopic (exact) mass is 365 g/mol. The Morgan fingerprint density at radius 1 is 1.11 bits per heavy atom. The van der Waals surface area contributed by atoms with Gasteiger partial charge in [-0.25, -0.2) is 0 Å². The van der Waals surface area contributed by atoms with E-state index in [1.807, 2.05) is 44.2 Å². The quantitative estimate of drug-likeness (QED) is 0.866. The third-order valence-corrected chi connectivity index (χ3v) is 4.57. The molecule has 1 saturated heterocycles. The molecule has 6 heteroatoms. The molecule has 0 spiro atoms. The van der Waals surface area contributed by atoms with Crippen molar-refractivity contribution in [3.63, 3.8) is 0 Å². The second kappa shape index (κ2) is 8.03. The number of nitrogens with zero attached hydrogens (tertiary/aromatic N) is 1. The highest BCUT2D eigenvalue weighted by Gasteiger charge is 2.34. The summed E-state index contributed by atoms with van der Waals surface area (Å²) in [7, 11) is 0. The number of rotatable bonds is 4. The lowest BCUT2D eigenvalue weighted by molar-refractivity contribution is -0.142. The van der Waals surface area contributed by atoms with E-state index in [1.165, 1.54) is 4.90 Å². The standard InChI is InChI=1S/C21H23N3O3/c1-14-5-3-7-16(11-14)19-21(27)22-9-10-24(19)18(25)13-23-20(26)17-8-4-6-15(2)12-17/h3-8,11-12,19H,9-10,13H2,1-2H3,(H,22,27)(H,23,26). The molecule has 140 valence electrons. The van der Waals surface area contributed by atoms with Crippen molar-refractivity contribution in [3.8, 4) is 0 Å². The lowest BCUT2D eigenvalue weighted by atomic mass is 10.0. The minimum absolute atomic E-state index is 0.150. The number of hydrogen-bond acceptors (Lipinski definition) is 3. The molecule has 1 unspecified atom stereocenters. The molecule has 1 aliphatic heterocycles. The summed E-state index contributed by atoms with van der Waals surface area (Å²) in [6, 6.07) is 14.1. The zero-order valence-corrected chi connectivity index (χ0v) is 15.5. The summed E-state index contributed by atoms with van der Waals surface area (Å²) < 4.78 is 0. The number of hydrogen-bond donors (Lipinski definition) is 2. The van der Waals surface area contributed by atoms with Crippen LogP contribution in [0.2, 0.25) is 0 Å². The van der Waals surface area contributed by atoms with Gasteiger partial charge in [-0.1, -0.05) is 47.5 Å². The summed E-state index contributed by atoms with van der Waals surface area (Å²) in [5, 5.41) is 5.47. The summed E-state index contributed by atoms with van der Waals surface area (Å²) >= 11 is 0. The average Bonchev–Trinajstić information content (AvgIpc) is 2.65. The Morgan fingerprint density at radius 3 is 2.52 bits per heavy atom. The first-order valence-electron chi connectivity index (χ1n) is 8.94. The Labute approximate surface area is 158 Å². The molecular formula is C21H23N3O3. The topological polar surface area (TPSA) is 78.5 Å². The molecule has 0 saturated carbocycles. The number of carbonyl (C=O) groups is 3. The van der Waals surface area contributed by atoms with Crippen LogP contribution in [-0.4, -0.2) is 42.3 Å². The third-order valence-electron chi connectivity index (χ3n) is 4.57. The maximum absolute atomic E-state index is 12.7. The van der Waals surface area contributed by atoms with Gasteiger partial charge in [-0.2, -0.15) is 0 Å². The Bertz CT molecular complexity index is 878. The van der Waals surface area contributed by atoms with Gasteiger partial charge in [0.1, 0.15) is 6.04 Å². The molecule has 1 atom stereocenters. The van der Waals surface area contributed by atoms with Crippen LogP contribution >= 0.6 is 0 Å². The van der Waals surface area contributed by atoms with Crippen molar-refractivity contribution in [1.82, 2.24) is 15.5 Å². The van der Waals surface area contributed by atoms with Crippen molar-refractivity contribution < 1.29 is 14.4 Å². The van der Waals surface area contributed by atoms with Gasteiger partial charge in [-0.15, -0.1) is 0 Å². The molecule has 1 heterocycles. The van der Waals surface area contributed by atoms with Crippen LogP contribution < -0.4 is 10.6 Å². The summed E-state index contributed by atoms with van der Waals surface area (Å²) in [4.78, 5) is 39.0. The molecule has 2 aromatic rings. The predicted molar refractivity (Wildman–Crippen MR) is 102 cm³/mol. The van der Waals surface area contributed by atoms with Gasteiger partial charge in [0.2, 0.25) is 11.8 Å². The number of amides is 3. The van der Waals surface area contributed by atoms with Gasteiger partial charge < -0.3 is 15.5 Å². The number of benzene rings is 2. The van der Waals surface area contributed by atoms with Gasteiger partial charge in [0.05, 0.1) is 6.54 Å². The zero-order valence-electron chi connectivity index (χ0n) is 15.5. The van der Waals surface area contributed by atoms with Crippen molar-refractivity contribution in [2.75, 3.05) is 19.6 Å². The molecule has 27 heavy (non-hydrogen) atoms. The summed E-state index contributed by atoms with van der Waals surface area (Å²) in [6.45, 7) is 4.50. The van der Waals surface area contributed by atoms with E-state index in [4.69, 9.17) is 0 Å². The smallest absolute Gasteiger partial charge is 0.251 e. The molecule has 0 aliphatic carbocycles. The third kappa shape index (κ3) is 4.34. The van der Waals surface area contributed by atoms with Crippen LogP contribution in [0.4, 0.5) is 0 Å². The fourth-order valence-electron chi connectivity index (χ4n) is 3.25. The van der Waals surface area contributed by atoms with E-state index < -0.39 is 6.04 Å². The molecule has 0 radical (unpaired) electrons. The molecule has 0 bridgehead atoms. The average molecular weight is 365 g/mol. The Hall–Kier alpha value is -3.15. The first kappa shape index (κ1) is 18.6. The van der Waals surface area contributed by atoms with E-state index in [-0.39, 0.29) is 24.3 Å². The molecule has 3 rings (SSSR count). The van der Waals surface area contributed by atoms with Crippen LogP contribution in [0.15, 0.2) is 48.5 Å². The number of aryl methyl sites for hydroxylation is 2. The minimum atomic E-state index is -0.679. The largest absolute Gasteiger partial charge is 0.352 e. The van der Waals surface area contributed by atoms with Crippen molar-refractivity contribution in [2.45, 2.75) is 19.9 Å². The molecule has 1 fully saturated rings. The minimum Gasteiger partial charge on any atom is -0.352 e. The van der Waals surface area contributed by atoms with Crippen LogP contribution in [0.25, 0.3) is 0 Å². The molecule has 6 nitrogen and oxygen atoms in total. The van der Waals surface area contributed by atoms with E-state index >= 15 is 0 Å². The first-order valence-corrected chi connectivity index (χ1v) is 8.94. The lowest BCUT2D eigenvalue weighted by Crippen LogP contribution is -2.54. The van der Waals surface area contributed by atoms with E-state index in [0.29, 0.717) is 18.7 Å². The maximum Gasteiger partial charge on any atom is 0.251 e. The van der Waals surface area contributed by atoms with Crippen LogP contribution in [0, 0.1) is 13.8 Å². The highest BCUT2D eigenvalue weighted by molar-refractivity contribution is 5.97. The highest BCUT2D eigenvalue weighted by Crippen LogP contribution is 2.24. The molecule has 3 amide bonds. The second-order valence-electron chi connectivity index (χ2n) is 6.75. The number of carbonyl (C=O) groups excluding carboxylic acids is 3. The highest BCUT2D eigenvalue weighted by atomic mass is 16.2. The van der Waals surface area contributed by atoms with Crippen LogP contribution in [0.1, 0.15) is 33.1 Å². The van der Waals surface area contributed by atoms with E-state index in [9.17, 15) is 14.4 Å². The maximum atomic E-state index is 12.7. The van der Waals surface area contributed by atoms with Crippen molar-refractivity contribution >= 4 is 17.7 Å². The van der Waals surface area contributed by atoms with E-state index in [0.717, 1.165) is 16.7 Å². The number of nitrogens with one attached hydrogen (secondary N) is 2. The van der Waals surface area contributed by atoms with Gasteiger partial charge in [-0.05, 0) is 31.5 Å². The van der Waals surface area contributed by atoms with E-state index in [1.54, 1.807) is 18.2 Å². The summed E-state index contributed by atoms with van der Waals surface area (Å²) in [5.74, 6) is -0.789. The molecule has 2 N–H and O–H groups in total. The Morgan fingerprint density at radius 2 is 1.81 bits per heavy atom. The Balaban J connectivity index is 1.72. The van der Waals surface area contributed by atoms with Gasteiger partial charge in [-0.3, -0.25) is 14.4 Å². The Kier molecular flexibility index (Phi) is 5.54. The molecule has 0 aromatic heterocycles. The fraction of sp³-hybridized carbons (Fsp3) is 0.286. The van der Waals surface area contributed by atoms with Gasteiger partial charge in [0.25, 0.3) is 5.91 Å². The first-order chi connectivity index (χ1) is 13.0. The molecular weight excluding hydrogens is 342 g/mol. The molecule has 1 aliphatic rings. The lowest BCUT2D eigenvalue weighted by Gasteiger charge is -2.35. The van der Waals surface area contributed by atoms with Crippen LogP contribution in [-0.2, 0) is 9.59 Å². The van der Waals surface area contributed by atoms with Crippen LogP contribution in [0.3, 0.4) is 0 Å². The SMILES string of the molecule is Cc1cccc(C(=O)NCC(=O)N2CCNC(=O)C2c2cccc(C)c2)c1. The molecule has 2 aromatic carbocycles. The second-order valence-corrected chi connectivity index (χ2v) is 6.75. The normalized spacial score (nSPS) is 16.6. The zero-order chi connectivity index (χ0) is 19.4. The van der Waals surface area contributed by atoms with Gasteiger partial charge in [0, 0.05) is 18.7 Å². The van der Waals surface area contributed by atoms with Gasteiger partial charge >= 0.3 is 0 Å². The predicted octanol–water partition coefficient (Wildman–Crippen LogP) is 1.73. The fourth-order valence-corrected chi connectivity index (χ4v) is 3.25. The number of piperazine rings is 1. The van der Waals surface area contributed by atoms with Crippen molar-refractivity contribution in [2.24, 2.45) is 0 Å². The van der Waals surface area contributed by atoms with Crippen molar-refractivity contribution in [1.29, 1.82) is 0 Å². The van der Waals surface area contributed by atoms with Crippen LogP contribution in [0.5, 0.6) is 0 Å². The summed E-state index contributed by atoms with van der Waals surface area (Å²) in [6.07, 6.45) is 0. The van der Waals surface area contributed by atoms with E-state index in [2.05, 4.69) is 10.6 Å². The van der Waals surface area contributed by atoms with Crippen molar-refractivity contribution in [3.05, 3.63) is 70.8 Å².